The molecule has 17 heavy (non-hydrogen) atoms. The molecule has 1 fully saturated rings. The SMILES string of the molecule is CCN(C(=O)C1CCCS1)c1ccccc1N. The minimum atomic E-state index is 0.120. The molecule has 1 unspecified atom stereocenters. The van der Waals surface area contributed by atoms with Crippen LogP contribution in [0.15, 0.2) is 24.3 Å². The Kier molecular flexibility index (Phi) is 3.94. The molecular formula is C13H18N2OS. The molecule has 0 bridgehead atoms. The molecule has 0 aliphatic carbocycles. The van der Waals surface area contributed by atoms with Crippen LogP contribution in [0.3, 0.4) is 0 Å². The Morgan fingerprint density at radius 2 is 2.29 bits per heavy atom. The highest BCUT2D eigenvalue weighted by Crippen LogP contribution is 2.31. The van der Waals surface area contributed by atoms with E-state index in [0.717, 1.165) is 24.3 Å². The van der Waals surface area contributed by atoms with Gasteiger partial charge in [0.2, 0.25) is 5.91 Å². The number of hydrogen-bond donors (Lipinski definition) is 1. The van der Waals surface area contributed by atoms with Crippen molar-refractivity contribution in [1.82, 2.24) is 0 Å². The number of carbonyl (C=O) groups excluding carboxylic acids is 1. The largest absolute Gasteiger partial charge is 0.397 e. The summed E-state index contributed by atoms with van der Waals surface area (Å²) in [5, 5.41) is 0.120. The van der Waals surface area contributed by atoms with E-state index in [-0.39, 0.29) is 11.2 Å². The van der Waals surface area contributed by atoms with Gasteiger partial charge in [-0.3, -0.25) is 4.79 Å². The maximum Gasteiger partial charge on any atom is 0.240 e. The van der Waals surface area contributed by atoms with Crippen molar-refractivity contribution in [2.45, 2.75) is 25.0 Å². The molecule has 92 valence electrons. The topological polar surface area (TPSA) is 46.3 Å². The number of nitrogens with two attached hydrogens (primary N) is 1. The first-order chi connectivity index (χ1) is 8.24. The fourth-order valence-corrected chi connectivity index (χ4v) is 3.35. The summed E-state index contributed by atoms with van der Waals surface area (Å²) in [6.45, 7) is 2.66. The fraction of sp³-hybridized carbons (Fsp3) is 0.462. The van der Waals surface area contributed by atoms with Crippen molar-refractivity contribution in [3.63, 3.8) is 0 Å². The predicted molar refractivity (Wildman–Crippen MR) is 74.4 cm³/mol. The lowest BCUT2D eigenvalue weighted by molar-refractivity contribution is -0.118. The zero-order valence-electron chi connectivity index (χ0n) is 10.1. The zero-order chi connectivity index (χ0) is 12.3. The summed E-state index contributed by atoms with van der Waals surface area (Å²) in [6.07, 6.45) is 2.13. The first-order valence-corrected chi connectivity index (χ1v) is 7.06. The van der Waals surface area contributed by atoms with Crippen molar-refractivity contribution in [2.75, 3.05) is 22.9 Å². The number of rotatable bonds is 3. The number of amides is 1. The summed E-state index contributed by atoms with van der Waals surface area (Å²) in [7, 11) is 0. The standard InChI is InChI=1S/C13H18N2OS/c1-2-15(11-7-4-3-6-10(11)14)13(16)12-8-5-9-17-12/h3-4,6-7,12H,2,5,8-9,14H2,1H3. The van der Waals surface area contributed by atoms with Gasteiger partial charge in [-0.2, -0.15) is 0 Å². The first-order valence-electron chi connectivity index (χ1n) is 6.01. The third-order valence-electron chi connectivity index (χ3n) is 3.01. The van der Waals surface area contributed by atoms with Crippen LogP contribution in [0.25, 0.3) is 0 Å². The fourth-order valence-electron chi connectivity index (χ4n) is 2.12. The van der Waals surface area contributed by atoms with Crippen molar-refractivity contribution in [3.8, 4) is 0 Å². The summed E-state index contributed by atoms with van der Waals surface area (Å²) in [4.78, 5) is 14.2. The number of nitrogen functional groups attached to an aromatic ring is 1. The number of thioether (sulfide) groups is 1. The second-order valence-electron chi connectivity index (χ2n) is 4.14. The van der Waals surface area contributed by atoms with Gasteiger partial charge in [-0.15, -0.1) is 11.8 Å². The summed E-state index contributed by atoms with van der Waals surface area (Å²) in [6, 6.07) is 7.56. The summed E-state index contributed by atoms with van der Waals surface area (Å²) in [5.74, 6) is 1.30. The van der Waals surface area contributed by atoms with Crippen molar-refractivity contribution in [3.05, 3.63) is 24.3 Å². The number of para-hydroxylation sites is 2. The van der Waals surface area contributed by atoms with Gasteiger partial charge in [0.15, 0.2) is 0 Å². The second-order valence-corrected chi connectivity index (χ2v) is 5.45. The lowest BCUT2D eigenvalue weighted by atomic mass is 10.2. The van der Waals surface area contributed by atoms with E-state index in [1.165, 1.54) is 0 Å². The van der Waals surface area contributed by atoms with Gasteiger partial charge in [-0.25, -0.2) is 0 Å². The van der Waals surface area contributed by atoms with E-state index in [9.17, 15) is 4.79 Å². The molecule has 0 aromatic heterocycles. The van der Waals surface area contributed by atoms with E-state index >= 15 is 0 Å². The minimum absolute atomic E-state index is 0.120. The van der Waals surface area contributed by atoms with Gasteiger partial charge in [0, 0.05) is 6.54 Å². The molecule has 4 heteroatoms. The second kappa shape index (κ2) is 5.45. The van der Waals surface area contributed by atoms with Crippen LogP contribution < -0.4 is 10.6 Å². The molecule has 3 nitrogen and oxygen atoms in total. The van der Waals surface area contributed by atoms with Gasteiger partial charge in [0.1, 0.15) is 0 Å². The van der Waals surface area contributed by atoms with Gasteiger partial charge >= 0.3 is 0 Å². The van der Waals surface area contributed by atoms with Crippen LogP contribution in [-0.4, -0.2) is 23.5 Å². The normalized spacial score (nSPS) is 19.2. The van der Waals surface area contributed by atoms with Crippen molar-refractivity contribution in [1.29, 1.82) is 0 Å². The predicted octanol–water partition coefficient (Wildman–Crippen LogP) is 2.52. The molecule has 0 spiro atoms. The van der Waals surface area contributed by atoms with Crippen LogP contribution in [0.2, 0.25) is 0 Å². The highest BCUT2D eigenvalue weighted by atomic mass is 32.2. The number of carbonyl (C=O) groups is 1. The van der Waals surface area contributed by atoms with Crippen LogP contribution in [0.5, 0.6) is 0 Å². The molecule has 2 N–H and O–H groups in total. The summed E-state index contributed by atoms with van der Waals surface area (Å²) in [5.41, 5.74) is 7.45. The number of nitrogens with zero attached hydrogens (tertiary/aromatic N) is 1. The van der Waals surface area contributed by atoms with E-state index in [4.69, 9.17) is 5.73 Å². The molecule has 1 atom stereocenters. The van der Waals surface area contributed by atoms with Crippen LogP contribution in [0, 0.1) is 0 Å². The number of hydrogen-bond acceptors (Lipinski definition) is 3. The van der Waals surface area contributed by atoms with Gasteiger partial charge in [-0.1, -0.05) is 12.1 Å². The molecule has 1 aliphatic rings. The van der Waals surface area contributed by atoms with Crippen molar-refractivity contribution >= 4 is 29.0 Å². The molecule has 2 rings (SSSR count). The Bertz CT molecular complexity index is 402. The molecule has 1 aromatic rings. The maximum absolute atomic E-state index is 12.4. The highest BCUT2D eigenvalue weighted by molar-refractivity contribution is 8.00. The van der Waals surface area contributed by atoms with E-state index < -0.39 is 0 Å². The molecular weight excluding hydrogens is 232 g/mol. The first kappa shape index (κ1) is 12.3. The monoisotopic (exact) mass is 250 g/mol. The lowest BCUT2D eigenvalue weighted by Gasteiger charge is -2.25. The molecule has 1 saturated heterocycles. The Hall–Kier alpha value is -1.16. The van der Waals surface area contributed by atoms with E-state index in [2.05, 4.69) is 0 Å². The molecule has 1 aromatic carbocycles. The average Bonchev–Trinajstić information content (AvgIpc) is 2.86. The van der Waals surface area contributed by atoms with Crippen LogP contribution in [0.1, 0.15) is 19.8 Å². The lowest BCUT2D eigenvalue weighted by Crippen LogP contribution is -2.37. The third-order valence-corrected chi connectivity index (χ3v) is 4.38. The van der Waals surface area contributed by atoms with E-state index in [1.807, 2.05) is 31.2 Å². The van der Waals surface area contributed by atoms with Gasteiger partial charge in [0.05, 0.1) is 16.6 Å². The molecule has 1 heterocycles. The smallest absolute Gasteiger partial charge is 0.240 e. The molecule has 0 radical (unpaired) electrons. The zero-order valence-corrected chi connectivity index (χ0v) is 10.9. The van der Waals surface area contributed by atoms with Crippen molar-refractivity contribution in [2.24, 2.45) is 0 Å². The minimum Gasteiger partial charge on any atom is -0.397 e. The van der Waals surface area contributed by atoms with Gasteiger partial charge in [0.25, 0.3) is 0 Å². The van der Waals surface area contributed by atoms with Crippen molar-refractivity contribution < 1.29 is 4.79 Å². The highest BCUT2D eigenvalue weighted by Gasteiger charge is 2.28. The van der Waals surface area contributed by atoms with E-state index in [1.54, 1.807) is 16.7 Å². The molecule has 0 saturated carbocycles. The third kappa shape index (κ3) is 2.57. The van der Waals surface area contributed by atoms with E-state index in [0.29, 0.717) is 12.2 Å². The number of anilines is 2. The average molecular weight is 250 g/mol. The number of benzene rings is 1. The Morgan fingerprint density at radius 3 is 2.88 bits per heavy atom. The quantitative estimate of drug-likeness (QED) is 0.838. The Balaban J connectivity index is 2.21. The van der Waals surface area contributed by atoms with Gasteiger partial charge in [-0.05, 0) is 37.7 Å². The maximum atomic E-state index is 12.4. The van der Waals surface area contributed by atoms with Crippen LogP contribution >= 0.6 is 11.8 Å². The molecule has 1 aliphatic heterocycles. The van der Waals surface area contributed by atoms with Crippen LogP contribution in [-0.2, 0) is 4.79 Å². The van der Waals surface area contributed by atoms with Crippen LogP contribution in [0.4, 0.5) is 11.4 Å². The Labute approximate surface area is 106 Å². The summed E-state index contributed by atoms with van der Waals surface area (Å²) < 4.78 is 0. The van der Waals surface area contributed by atoms with Gasteiger partial charge < -0.3 is 10.6 Å². The molecule has 1 amide bonds. The summed E-state index contributed by atoms with van der Waals surface area (Å²) >= 11 is 1.76. The Morgan fingerprint density at radius 1 is 1.53 bits per heavy atom.